The van der Waals surface area contributed by atoms with Crippen molar-refractivity contribution in [3.8, 4) is 0 Å². The van der Waals surface area contributed by atoms with Gasteiger partial charge in [-0.25, -0.2) is 4.68 Å². The second-order valence-electron chi connectivity index (χ2n) is 5.44. The van der Waals surface area contributed by atoms with Crippen LogP contribution in [0.25, 0.3) is 0 Å². The monoisotopic (exact) mass is 336 g/mol. The smallest absolute Gasteiger partial charge is 0.382 e. The zero-order valence-electron chi connectivity index (χ0n) is 12.9. The molecule has 1 aliphatic rings. The van der Waals surface area contributed by atoms with Crippen molar-refractivity contribution in [1.82, 2.24) is 30.4 Å². The maximum absolute atomic E-state index is 12.6. The molecule has 1 fully saturated rings. The van der Waals surface area contributed by atoms with E-state index in [0.29, 0.717) is 17.6 Å². The van der Waals surface area contributed by atoms with E-state index in [-0.39, 0.29) is 24.9 Å². The molecule has 23 heavy (non-hydrogen) atoms. The number of methoxy groups -OCH3 is 1. The van der Waals surface area contributed by atoms with Crippen LogP contribution in [0.4, 0.5) is 13.2 Å². The lowest BCUT2D eigenvalue weighted by Gasteiger charge is -2.35. The number of likely N-dealkylation sites (N-methyl/N-ethyl adjacent to an activating group) is 1. The molecule has 11 heteroatoms. The van der Waals surface area contributed by atoms with Crippen LogP contribution in [0.2, 0.25) is 0 Å². The molecule has 1 aromatic rings. The fourth-order valence-corrected chi connectivity index (χ4v) is 2.92. The summed E-state index contributed by atoms with van der Waals surface area (Å²) in [5.74, 6) is -0.166. The number of amides is 1. The number of nitrogens with zero attached hydrogens (tertiary/aromatic N) is 5. The Morgan fingerprint density at radius 1 is 1.48 bits per heavy atom. The van der Waals surface area contributed by atoms with Gasteiger partial charge in [-0.2, -0.15) is 13.2 Å². The summed E-state index contributed by atoms with van der Waals surface area (Å²) in [5, 5.41) is 12.9. The Morgan fingerprint density at radius 2 is 2.22 bits per heavy atom. The third-order valence-electron chi connectivity index (χ3n) is 3.92. The van der Waals surface area contributed by atoms with Gasteiger partial charge < -0.3 is 10.1 Å². The van der Waals surface area contributed by atoms with Crippen LogP contribution in [0.1, 0.15) is 18.7 Å². The van der Waals surface area contributed by atoms with Gasteiger partial charge in [0.1, 0.15) is 12.1 Å². The molecule has 1 atom stereocenters. The number of tetrazole rings is 1. The van der Waals surface area contributed by atoms with Crippen LogP contribution >= 0.6 is 0 Å². The van der Waals surface area contributed by atoms with Crippen molar-refractivity contribution in [1.29, 1.82) is 0 Å². The number of carbonyl (C=O) groups is 1. The summed E-state index contributed by atoms with van der Waals surface area (Å²) in [7, 11) is 3.00. The standard InChI is InChI=1S/C12H19F3N6O2/c1-16-10(22)11(8-23-2)4-3-5-20(11)6-9-17-18-19-21(9)7-12(13,14)15/h3-8H2,1-2H3,(H,16,22). The van der Waals surface area contributed by atoms with Crippen LogP contribution < -0.4 is 5.32 Å². The zero-order chi connectivity index (χ0) is 17.1. The first-order valence-corrected chi connectivity index (χ1v) is 7.10. The largest absolute Gasteiger partial charge is 0.408 e. The molecule has 0 saturated carbocycles. The topological polar surface area (TPSA) is 85.2 Å². The average molecular weight is 336 g/mol. The van der Waals surface area contributed by atoms with E-state index < -0.39 is 18.3 Å². The molecule has 1 aromatic heterocycles. The number of halogens is 3. The molecule has 1 unspecified atom stereocenters. The molecule has 0 bridgehead atoms. The Kier molecular flexibility index (Phi) is 5.19. The van der Waals surface area contributed by atoms with E-state index in [2.05, 4.69) is 20.8 Å². The Labute approximate surface area is 131 Å². The number of aromatic nitrogens is 4. The van der Waals surface area contributed by atoms with Crippen LogP contribution in [-0.2, 0) is 22.6 Å². The Bertz CT molecular complexity index is 549. The normalized spacial score (nSPS) is 22.5. The SMILES string of the molecule is CNC(=O)C1(COC)CCCN1Cc1nnnn1CC(F)(F)F. The van der Waals surface area contributed by atoms with Crippen LogP contribution in [0.15, 0.2) is 0 Å². The molecule has 130 valence electrons. The summed E-state index contributed by atoms with van der Waals surface area (Å²) < 4.78 is 43.5. The van der Waals surface area contributed by atoms with E-state index >= 15 is 0 Å². The molecular weight excluding hydrogens is 317 g/mol. The number of alkyl halides is 3. The maximum Gasteiger partial charge on any atom is 0.408 e. The second kappa shape index (κ2) is 6.79. The predicted molar refractivity (Wildman–Crippen MR) is 72.2 cm³/mol. The number of likely N-dealkylation sites (tertiary alicyclic amines) is 1. The van der Waals surface area contributed by atoms with Crippen molar-refractivity contribution in [3.05, 3.63) is 5.82 Å². The first-order chi connectivity index (χ1) is 10.8. The van der Waals surface area contributed by atoms with E-state index in [0.717, 1.165) is 6.42 Å². The molecule has 8 nitrogen and oxygen atoms in total. The lowest BCUT2D eigenvalue weighted by atomic mass is 9.96. The Morgan fingerprint density at radius 3 is 2.83 bits per heavy atom. The number of nitrogens with one attached hydrogen (secondary N) is 1. The highest BCUT2D eigenvalue weighted by atomic mass is 19.4. The minimum atomic E-state index is -4.42. The number of carbonyl (C=O) groups excluding carboxylic acids is 1. The quantitative estimate of drug-likeness (QED) is 0.785. The summed E-state index contributed by atoms with van der Waals surface area (Å²) in [6.45, 7) is -0.524. The third-order valence-corrected chi connectivity index (χ3v) is 3.92. The van der Waals surface area contributed by atoms with Gasteiger partial charge in [0, 0.05) is 14.2 Å². The van der Waals surface area contributed by atoms with E-state index in [4.69, 9.17) is 4.74 Å². The first-order valence-electron chi connectivity index (χ1n) is 7.10. The highest BCUT2D eigenvalue weighted by molar-refractivity contribution is 5.86. The minimum absolute atomic E-state index is 0.0415. The van der Waals surface area contributed by atoms with E-state index in [1.54, 1.807) is 4.90 Å². The molecular formula is C12H19F3N6O2. The molecule has 2 rings (SSSR count). The number of rotatable bonds is 6. The first kappa shape index (κ1) is 17.6. The molecule has 1 saturated heterocycles. The summed E-state index contributed by atoms with van der Waals surface area (Å²) in [6.07, 6.45) is -3.13. The van der Waals surface area contributed by atoms with Gasteiger partial charge in [-0.1, -0.05) is 0 Å². The lowest BCUT2D eigenvalue weighted by molar-refractivity contribution is -0.144. The highest BCUT2D eigenvalue weighted by Crippen LogP contribution is 2.31. The summed E-state index contributed by atoms with van der Waals surface area (Å²) in [6, 6.07) is 0. The Balaban J connectivity index is 2.21. The average Bonchev–Trinajstić information content (AvgIpc) is 3.06. The van der Waals surface area contributed by atoms with Gasteiger partial charge in [0.2, 0.25) is 5.91 Å². The van der Waals surface area contributed by atoms with Crippen LogP contribution in [0, 0.1) is 0 Å². The molecule has 2 heterocycles. The van der Waals surface area contributed by atoms with Crippen LogP contribution in [-0.4, -0.2) is 70.0 Å². The van der Waals surface area contributed by atoms with Gasteiger partial charge in [0.05, 0.1) is 13.2 Å². The lowest BCUT2D eigenvalue weighted by Crippen LogP contribution is -2.57. The van der Waals surface area contributed by atoms with Crippen molar-refractivity contribution >= 4 is 5.91 Å². The minimum Gasteiger partial charge on any atom is -0.382 e. The maximum atomic E-state index is 12.6. The van der Waals surface area contributed by atoms with Gasteiger partial charge in [0.25, 0.3) is 0 Å². The van der Waals surface area contributed by atoms with Crippen molar-refractivity contribution in [2.45, 2.75) is 37.6 Å². The predicted octanol–water partition coefficient (Wildman–Crippen LogP) is -0.0376. The van der Waals surface area contributed by atoms with Crippen molar-refractivity contribution < 1.29 is 22.7 Å². The van der Waals surface area contributed by atoms with Gasteiger partial charge in [-0.15, -0.1) is 5.10 Å². The van der Waals surface area contributed by atoms with Crippen molar-refractivity contribution in [2.24, 2.45) is 0 Å². The summed E-state index contributed by atoms with van der Waals surface area (Å²) in [5.41, 5.74) is -0.918. The fourth-order valence-electron chi connectivity index (χ4n) is 2.92. The fraction of sp³-hybridized carbons (Fsp3) is 0.833. The van der Waals surface area contributed by atoms with Crippen molar-refractivity contribution in [2.75, 3.05) is 27.3 Å². The molecule has 1 aliphatic heterocycles. The van der Waals surface area contributed by atoms with Gasteiger partial charge in [-0.05, 0) is 29.8 Å². The van der Waals surface area contributed by atoms with Crippen molar-refractivity contribution in [3.63, 3.8) is 0 Å². The van der Waals surface area contributed by atoms with Gasteiger partial charge in [-0.3, -0.25) is 9.69 Å². The summed E-state index contributed by atoms with van der Waals surface area (Å²) >= 11 is 0. The zero-order valence-corrected chi connectivity index (χ0v) is 12.9. The molecule has 0 aromatic carbocycles. The Hall–Kier alpha value is -1.75. The highest BCUT2D eigenvalue weighted by Gasteiger charge is 2.47. The molecule has 1 N–H and O–H groups in total. The molecule has 0 spiro atoms. The van der Waals surface area contributed by atoms with Gasteiger partial charge >= 0.3 is 6.18 Å². The molecule has 0 radical (unpaired) electrons. The third kappa shape index (κ3) is 3.78. The van der Waals surface area contributed by atoms with Crippen LogP contribution in [0.3, 0.4) is 0 Å². The number of hydrogen-bond donors (Lipinski definition) is 1. The van der Waals surface area contributed by atoms with E-state index in [1.165, 1.54) is 14.2 Å². The summed E-state index contributed by atoms with van der Waals surface area (Å²) in [4.78, 5) is 14.1. The van der Waals surface area contributed by atoms with E-state index in [9.17, 15) is 18.0 Å². The number of ether oxygens (including phenoxy) is 1. The molecule has 0 aliphatic carbocycles. The van der Waals surface area contributed by atoms with E-state index in [1.807, 2.05) is 0 Å². The van der Waals surface area contributed by atoms with Crippen LogP contribution in [0.5, 0.6) is 0 Å². The number of hydrogen-bond acceptors (Lipinski definition) is 6. The molecule has 1 amide bonds. The van der Waals surface area contributed by atoms with Gasteiger partial charge in [0.15, 0.2) is 5.82 Å². The second-order valence-corrected chi connectivity index (χ2v) is 5.44.